The highest BCUT2D eigenvalue weighted by molar-refractivity contribution is 7.92. The smallest absolute Gasteiger partial charge is 0.264 e. The topological polar surface area (TPSA) is 96.0 Å². The van der Waals surface area contributed by atoms with Crippen molar-refractivity contribution in [3.05, 3.63) is 124 Å². The minimum Gasteiger partial charge on any atom is -0.492 e. The van der Waals surface area contributed by atoms with Crippen LogP contribution in [-0.2, 0) is 32.6 Å². The largest absolute Gasteiger partial charge is 0.492 e. The van der Waals surface area contributed by atoms with Gasteiger partial charge in [-0.05, 0) is 67.3 Å². The molecule has 0 spiro atoms. The molecule has 1 aliphatic rings. The number of nitrogens with zero attached hydrogens (tertiary/aromatic N) is 2. The molecule has 8 nitrogen and oxygen atoms in total. The zero-order valence-electron chi connectivity index (χ0n) is 27.4. The maximum atomic E-state index is 14.8. The van der Waals surface area contributed by atoms with Crippen LogP contribution in [0.15, 0.2) is 108 Å². The molecular formula is C38H41Cl2N3O5S. The van der Waals surface area contributed by atoms with E-state index in [1.807, 2.05) is 30.3 Å². The number of hydrogen-bond acceptors (Lipinski definition) is 5. The zero-order chi connectivity index (χ0) is 34.8. The van der Waals surface area contributed by atoms with Crippen LogP contribution >= 0.6 is 23.2 Å². The van der Waals surface area contributed by atoms with Crippen LogP contribution < -0.4 is 14.4 Å². The maximum absolute atomic E-state index is 14.8. The second-order valence-corrected chi connectivity index (χ2v) is 14.7. The zero-order valence-corrected chi connectivity index (χ0v) is 29.8. The molecule has 1 atom stereocenters. The van der Waals surface area contributed by atoms with E-state index >= 15 is 0 Å². The van der Waals surface area contributed by atoms with Crippen molar-refractivity contribution in [2.24, 2.45) is 0 Å². The molecule has 1 aliphatic carbocycles. The predicted octanol–water partition coefficient (Wildman–Crippen LogP) is 7.68. The van der Waals surface area contributed by atoms with E-state index in [2.05, 4.69) is 5.32 Å². The van der Waals surface area contributed by atoms with E-state index in [0.717, 1.165) is 42.0 Å². The number of carbonyl (C=O) groups is 2. The van der Waals surface area contributed by atoms with E-state index in [9.17, 15) is 18.0 Å². The molecule has 11 heteroatoms. The lowest BCUT2D eigenvalue weighted by atomic mass is 9.94. The molecule has 1 saturated carbocycles. The number of benzene rings is 4. The van der Waals surface area contributed by atoms with Gasteiger partial charge in [0.2, 0.25) is 11.8 Å². The Kier molecular flexibility index (Phi) is 12.6. The number of hydrogen-bond donors (Lipinski definition) is 1. The Morgan fingerprint density at radius 3 is 2.16 bits per heavy atom. The summed E-state index contributed by atoms with van der Waals surface area (Å²) < 4.78 is 35.6. The lowest BCUT2D eigenvalue weighted by Gasteiger charge is -2.35. The van der Waals surface area contributed by atoms with Crippen LogP contribution in [0.3, 0.4) is 0 Å². The van der Waals surface area contributed by atoms with E-state index in [4.69, 9.17) is 27.9 Å². The summed E-state index contributed by atoms with van der Waals surface area (Å²) in [5, 5.41) is 3.87. The third-order valence-corrected chi connectivity index (χ3v) is 11.1. The van der Waals surface area contributed by atoms with Gasteiger partial charge in [-0.2, -0.15) is 0 Å². The fourth-order valence-electron chi connectivity index (χ4n) is 6.11. The number of carbonyl (C=O) groups excluding carboxylic acids is 2. The summed E-state index contributed by atoms with van der Waals surface area (Å²) in [7, 11) is -4.27. The molecule has 4 aromatic carbocycles. The van der Waals surface area contributed by atoms with E-state index in [-0.39, 0.29) is 42.1 Å². The van der Waals surface area contributed by atoms with Crippen molar-refractivity contribution in [3.8, 4) is 5.75 Å². The van der Waals surface area contributed by atoms with Crippen LogP contribution in [0, 0.1) is 0 Å². The molecule has 49 heavy (non-hydrogen) atoms. The van der Waals surface area contributed by atoms with Crippen LogP contribution in [0.2, 0.25) is 10.0 Å². The second-order valence-electron chi connectivity index (χ2n) is 12.0. The highest BCUT2D eigenvalue weighted by atomic mass is 35.5. The van der Waals surface area contributed by atoms with Gasteiger partial charge in [0, 0.05) is 19.0 Å². The number of halogens is 2. The Morgan fingerprint density at radius 2 is 1.49 bits per heavy atom. The number of rotatable bonds is 14. The fourth-order valence-corrected chi connectivity index (χ4v) is 7.87. The van der Waals surface area contributed by atoms with Crippen molar-refractivity contribution in [1.82, 2.24) is 10.2 Å². The molecule has 0 aliphatic heterocycles. The molecule has 5 rings (SSSR count). The third-order valence-electron chi connectivity index (χ3n) is 8.60. The third kappa shape index (κ3) is 9.35. The Labute approximate surface area is 299 Å². The molecule has 1 unspecified atom stereocenters. The van der Waals surface area contributed by atoms with E-state index < -0.39 is 28.5 Å². The number of sulfonamides is 1. The van der Waals surface area contributed by atoms with Crippen molar-refractivity contribution < 1.29 is 22.7 Å². The Bertz CT molecular complexity index is 1820. The first kappa shape index (κ1) is 36.2. The van der Waals surface area contributed by atoms with Gasteiger partial charge in [-0.15, -0.1) is 0 Å². The van der Waals surface area contributed by atoms with Gasteiger partial charge in [0.15, 0.2) is 0 Å². The highest BCUT2D eigenvalue weighted by Gasteiger charge is 2.36. The molecule has 0 bridgehead atoms. The van der Waals surface area contributed by atoms with Crippen molar-refractivity contribution >= 4 is 50.7 Å². The van der Waals surface area contributed by atoms with Crippen LogP contribution in [-0.4, -0.2) is 50.4 Å². The fraction of sp³-hybridized carbons (Fsp3) is 0.316. The lowest BCUT2D eigenvalue weighted by Crippen LogP contribution is -2.55. The van der Waals surface area contributed by atoms with Crippen LogP contribution in [0.1, 0.15) is 50.2 Å². The molecule has 258 valence electrons. The lowest BCUT2D eigenvalue weighted by molar-refractivity contribution is -0.140. The van der Waals surface area contributed by atoms with Crippen LogP contribution in [0.25, 0.3) is 0 Å². The maximum Gasteiger partial charge on any atom is 0.264 e. The second kappa shape index (κ2) is 17.1. The minimum absolute atomic E-state index is 0.00511. The van der Waals surface area contributed by atoms with Gasteiger partial charge < -0.3 is 15.0 Å². The molecule has 1 N–H and O–H groups in total. The normalized spacial score (nSPS) is 14.1. The van der Waals surface area contributed by atoms with Crippen molar-refractivity contribution in [2.75, 3.05) is 17.5 Å². The molecule has 4 aromatic rings. The molecule has 1 fully saturated rings. The summed E-state index contributed by atoms with van der Waals surface area (Å²) >= 11 is 12.6. The standard InChI is InChI=1S/C38H41Cl2N3O5S/c1-2-48-36-21-13-12-20-34(36)43(49(46,47)31-18-10-5-11-19-31)27-37(44)42(26-29-22-23-32(39)33(40)24-29)35(25-28-14-6-3-7-15-28)38(45)41-30-16-8-4-9-17-30/h3,5-7,10-15,18-24,30,35H,2,4,8-9,16-17,25-27H2,1H3,(H,41,45). The summed E-state index contributed by atoms with van der Waals surface area (Å²) in [6.07, 6.45) is 5.10. The molecule has 2 amide bonds. The van der Waals surface area contributed by atoms with Crippen molar-refractivity contribution in [3.63, 3.8) is 0 Å². The molecule has 0 saturated heterocycles. The van der Waals surface area contributed by atoms with Crippen LogP contribution in [0.4, 0.5) is 5.69 Å². The average Bonchev–Trinajstić information content (AvgIpc) is 3.12. The van der Waals surface area contributed by atoms with Crippen molar-refractivity contribution in [2.45, 2.75) is 69.0 Å². The van der Waals surface area contributed by atoms with Gasteiger partial charge in [0.05, 0.1) is 27.2 Å². The van der Waals surface area contributed by atoms with Gasteiger partial charge in [-0.25, -0.2) is 8.42 Å². The Balaban J connectivity index is 1.60. The molecule has 0 radical (unpaired) electrons. The predicted molar refractivity (Wildman–Crippen MR) is 195 cm³/mol. The first-order valence-corrected chi connectivity index (χ1v) is 18.7. The van der Waals surface area contributed by atoms with Crippen molar-refractivity contribution in [1.29, 1.82) is 0 Å². The van der Waals surface area contributed by atoms with Gasteiger partial charge in [-0.3, -0.25) is 13.9 Å². The highest BCUT2D eigenvalue weighted by Crippen LogP contribution is 2.33. The number of ether oxygens (including phenoxy) is 1. The van der Waals surface area contributed by atoms with E-state index in [0.29, 0.717) is 21.4 Å². The Hall–Kier alpha value is -4.05. The van der Waals surface area contributed by atoms with E-state index in [1.54, 1.807) is 67.6 Å². The first-order valence-electron chi connectivity index (χ1n) is 16.5. The summed E-state index contributed by atoms with van der Waals surface area (Å²) in [5.74, 6) is -0.558. The number of anilines is 1. The van der Waals surface area contributed by atoms with Crippen LogP contribution in [0.5, 0.6) is 5.75 Å². The number of nitrogens with one attached hydrogen (secondary N) is 1. The van der Waals surface area contributed by atoms with Gasteiger partial charge in [-0.1, -0.05) is 109 Å². The number of para-hydroxylation sites is 2. The average molecular weight is 723 g/mol. The quantitative estimate of drug-likeness (QED) is 0.144. The minimum atomic E-state index is -4.27. The summed E-state index contributed by atoms with van der Waals surface area (Å²) in [5.41, 5.74) is 1.70. The summed E-state index contributed by atoms with van der Waals surface area (Å²) in [6.45, 7) is 1.48. The monoisotopic (exact) mass is 721 g/mol. The molecule has 0 aromatic heterocycles. The summed E-state index contributed by atoms with van der Waals surface area (Å²) in [4.78, 5) is 30.6. The first-order chi connectivity index (χ1) is 23.7. The van der Waals surface area contributed by atoms with Gasteiger partial charge in [0.1, 0.15) is 18.3 Å². The van der Waals surface area contributed by atoms with E-state index in [1.165, 1.54) is 17.0 Å². The summed E-state index contributed by atoms with van der Waals surface area (Å²) in [6, 6.07) is 28.2. The molecule has 0 heterocycles. The van der Waals surface area contributed by atoms with Gasteiger partial charge >= 0.3 is 0 Å². The number of amides is 2. The Morgan fingerprint density at radius 1 is 0.837 bits per heavy atom. The SMILES string of the molecule is CCOc1ccccc1N(CC(=O)N(Cc1ccc(Cl)c(Cl)c1)C(Cc1ccccc1)C(=O)NC1CCCCC1)S(=O)(=O)c1ccccc1. The molecular weight excluding hydrogens is 681 g/mol. The van der Waals surface area contributed by atoms with Gasteiger partial charge in [0.25, 0.3) is 10.0 Å².